The Hall–Kier alpha value is -1.57. The van der Waals surface area contributed by atoms with Crippen molar-refractivity contribution in [3.8, 4) is 0 Å². The van der Waals surface area contributed by atoms with E-state index in [-0.39, 0.29) is 17.6 Å². The molecule has 0 amide bonds. The highest BCUT2D eigenvalue weighted by molar-refractivity contribution is 6.21. The third-order valence-corrected chi connectivity index (χ3v) is 4.55. The Morgan fingerprint density at radius 2 is 1.75 bits per heavy atom. The largest absolute Gasteiger partial charge is 0.441 e. The van der Waals surface area contributed by atoms with Crippen molar-refractivity contribution in [2.45, 2.75) is 37.3 Å². The Morgan fingerprint density at radius 3 is 2.35 bits per heavy atom. The van der Waals surface area contributed by atoms with Gasteiger partial charge in [0.2, 0.25) is 17.2 Å². The third kappa shape index (κ3) is 1.07. The second-order valence-electron chi connectivity index (χ2n) is 5.35. The van der Waals surface area contributed by atoms with Gasteiger partial charge in [0, 0.05) is 18.3 Å². The first-order chi connectivity index (χ1) is 9.26. The zero-order valence-corrected chi connectivity index (χ0v) is 11.3. The Balaban J connectivity index is 2.34. The van der Waals surface area contributed by atoms with Crippen molar-refractivity contribution in [1.29, 1.82) is 0 Å². The summed E-state index contributed by atoms with van der Waals surface area (Å²) in [7, 11) is 1.24. The summed E-state index contributed by atoms with van der Waals surface area (Å²) in [5, 5.41) is 10.7. The Labute approximate surface area is 114 Å². The third-order valence-electron chi connectivity index (χ3n) is 4.55. The van der Waals surface area contributed by atoms with Crippen LogP contribution in [0.1, 0.15) is 20.3 Å². The number of carbonyl (C=O) groups excluding carboxylic acids is 3. The highest BCUT2D eigenvalue weighted by Crippen LogP contribution is 2.56. The molecule has 3 rings (SSSR count). The number of esters is 1. The molecule has 0 bridgehead atoms. The number of Topliss-reactive ketones (excluding diaryl/α,β-unsaturated/α-hetero) is 2. The van der Waals surface area contributed by atoms with Gasteiger partial charge < -0.3 is 19.3 Å². The molecule has 0 aromatic carbocycles. The van der Waals surface area contributed by atoms with Gasteiger partial charge in [-0.3, -0.25) is 14.4 Å². The van der Waals surface area contributed by atoms with Gasteiger partial charge in [0.15, 0.2) is 5.78 Å². The van der Waals surface area contributed by atoms with E-state index in [0.29, 0.717) is 0 Å². The molecule has 0 aromatic heterocycles. The van der Waals surface area contributed by atoms with Crippen LogP contribution >= 0.6 is 0 Å². The minimum Gasteiger partial charge on any atom is -0.441 e. The van der Waals surface area contributed by atoms with Crippen molar-refractivity contribution in [1.82, 2.24) is 0 Å². The fraction of sp³-hybridized carbons (Fsp3) is 0.615. The van der Waals surface area contributed by atoms with E-state index in [1.165, 1.54) is 21.0 Å². The lowest BCUT2D eigenvalue weighted by atomic mass is 9.66. The number of ketones is 2. The number of rotatable bonds is 1. The molecular formula is C13H14O7. The molecule has 2 aliphatic heterocycles. The summed E-state index contributed by atoms with van der Waals surface area (Å²) in [6.45, 7) is 2.45. The minimum absolute atomic E-state index is 0.140. The first kappa shape index (κ1) is 13.4. The predicted octanol–water partition coefficient (Wildman–Crippen LogP) is -0.736. The van der Waals surface area contributed by atoms with Gasteiger partial charge in [-0.05, 0) is 13.8 Å². The number of carbonyl (C=O) groups is 3. The highest BCUT2D eigenvalue weighted by atomic mass is 16.8. The SMILES string of the molecule is CO[C@]12CC(=O)O[C@]13C(=O)C(C)=C(C)C(=O)[C@]3(O)CO2. The van der Waals surface area contributed by atoms with Gasteiger partial charge in [-0.25, -0.2) is 0 Å². The van der Waals surface area contributed by atoms with Crippen LogP contribution in [-0.2, 0) is 28.6 Å². The fourth-order valence-corrected chi connectivity index (χ4v) is 3.30. The van der Waals surface area contributed by atoms with E-state index in [2.05, 4.69) is 0 Å². The number of aliphatic hydroxyl groups is 1. The quantitative estimate of drug-likeness (QED) is 0.632. The summed E-state index contributed by atoms with van der Waals surface area (Å²) < 4.78 is 15.7. The van der Waals surface area contributed by atoms with Gasteiger partial charge in [0.1, 0.15) is 6.42 Å². The van der Waals surface area contributed by atoms with Gasteiger partial charge in [-0.2, -0.15) is 0 Å². The first-order valence-corrected chi connectivity index (χ1v) is 6.16. The topological polar surface area (TPSA) is 99.1 Å². The maximum atomic E-state index is 12.7. The average Bonchev–Trinajstić information content (AvgIpc) is 2.86. The molecule has 2 heterocycles. The van der Waals surface area contributed by atoms with Gasteiger partial charge in [0.25, 0.3) is 5.60 Å². The van der Waals surface area contributed by atoms with Crippen molar-refractivity contribution in [3.05, 3.63) is 11.1 Å². The van der Waals surface area contributed by atoms with Crippen LogP contribution in [0.4, 0.5) is 0 Å². The van der Waals surface area contributed by atoms with Crippen LogP contribution in [0.15, 0.2) is 11.1 Å². The van der Waals surface area contributed by atoms with Crippen molar-refractivity contribution in [3.63, 3.8) is 0 Å². The van der Waals surface area contributed by atoms with Crippen molar-refractivity contribution in [2.75, 3.05) is 13.7 Å². The van der Waals surface area contributed by atoms with E-state index in [1.54, 1.807) is 0 Å². The standard InChI is InChI=1S/C13H14O7/c1-6-7(2)10(16)13-11(17,9(6)15)5-19-12(13,18-3)4-8(14)20-13/h17H,4-5H2,1-3H3/t11-,12+,13+/m1/s1. The lowest BCUT2D eigenvalue weighted by molar-refractivity contribution is -0.244. The molecule has 7 heteroatoms. The van der Waals surface area contributed by atoms with Crippen LogP contribution < -0.4 is 0 Å². The van der Waals surface area contributed by atoms with Crippen LogP contribution in [0.5, 0.6) is 0 Å². The normalized spacial score (nSPS) is 43.7. The van der Waals surface area contributed by atoms with Gasteiger partial charge >= 0.3 is 5.97 Å². The Bertz CT molecular complexity index is 592. The lowest BCUT2D eigenvalue weighted by Gasteiger charge is -2.43. The highest BCUT2D eigenvalue weighted by Gasteiger charge is 2.84. The van der Waals surface area contributed by atoms with Gasteiger partial charge in [0.05, 0.1) is 6.61 Å². The van der Waals surface area contributed by atoms with Gasteiger partial charge in [-0.15, -0.1) is 0 Å². The number of ether oxygens (including phenoxy) is 3. The zero-order valence-electron chi connectivity index (χ0n) is 11.3. The Kier molecular flexibility index (Phi) is 2.38. The summed E-state index contributed by atoms with van der Waals surface area (Å²) >= 11 is 0. The van der Waals surface area contributed by atoms with Crippen molar-refractivity contribution < 1.29 is 33.7 Å². The molecule has 0 saturated carbocycles. The molecule has 1 spiro atoms. The van der Waals surface area contributed by atoms with E-state index in [0.717, 1.165) is 0 Å². The monoisotopic (exact) mass is 282 g/mol. The molecule has 0 radical (unpaired) electrons. The molecule has 3 aliphatic rings. The molecule has 1 N–H and O–H groups in total. The lowest BCUT2D eigenvalue weighted by Crippen LogP contribution is -2.71. The molecule has 2 saturated heterocycles. The molecule has 20 heavy (non-hydrogen) atoms. The maximum Gasteiger partial charge on any atom is 0.312 e. The van der Waals surface area contributed by atoms with Gasteiger partial charge in [-0.1, -0.05) is 0 Å². The number of hydrogen-bond acceptors (Lipinski definition) is 7. The van der Waals surface area contributed by atoms with Crippen LogP contribution in [0.3, 0.4) is 0 Å². The average molecular weight is 282 g/mol. The van der Waals surface area contributed by atoms with Crippen LogP contribution in [0.2, 0.25) is 0 Å². The molecule has 0 unspecified atom stereocenters. The van der Waals surface area contributed by atoms with Crippen LogP contribution in [-0.4, -0.2) is 53.3 Å². The van der Waals surface area contributed by atoms with Crippen molar-refractivity contribution in [2.24, 2.45) is 0 Å². The van der Waals surface area contributed by atoms with E-state index < -0.39 is 41.1 Å². The molecule has 7 nitrogen and oxygen atoms in total. The zero-order chi connectivity index (χ0) is 14.9. The summed E-state index contributed by atoms with van der Waals surface area (Å²) in [6, 6.07) is 0. The Morgan fingerprint density at radius 1 is 1.15 bits per heavy atom. The molecule has 0 aromatic rings. The van der Waals surface area contributed by atoms with Crippen LogP contribution in [0, 0.1) is 0 Å². The van der Waals surface area contributed by atoms with E-state index >= 15 is 0 Å². The summed E-state index contributed by atoms with van der Waals surface area (Å²) in [5.74, 6) is -3.84. The van der Waals surface area contributed by atoms with Crippen LogP contribution in [0.25, 0.3) is 0 Å². The summed E-state index contributed by atoms with van der Waals surface area (Å²) in [6.07, 6.45) is -0.350. The minimum atomic E-state index is -2.24. The van der Waals surface area contributed by atoms with E-state index in [9.17, 15) is 19.5 Å². The van der Waals surface area contributed by atoms with Crippen molar-refractivity contribution >= 4 is 17.5 Å². The molecule has 1 aliphatic carbocycles. The summed E-state index contributed by atoms with van der Waals surface area (Å²) in [5.41, 5.74) is -4.11. The van der Waals surface area contributed by atoms with E-state index in [4.69, 9.17) is 14.2 Å². The second kappa shape index (κ2) is 3.55. The number of hydrogen-bond donors (Lipinski definition) is 1. The molecule has 108 valence electrons. The summed E-state index contributed by atoms with van der Waals surface area (Å²) in [4.78, 5) is 36.8. The van der Waals surface area contributed by atoms with E-state index in [1.807, 2.05) is 0 Å². The molecular weight excluding hydrogens is 268 g/mol. The second-order valence-corrected chi connectivity index (χ2v) is 5.35. The first-order valence-electron chi connectivity index (χ1n) is 6.16. The predicted molar refractivity (Wildman–Crippen MR) is 62.5 cm³/mol. The smallest absolute Gasteiger partial charge is 0.312 e. The maximum absolute atomic E-state index is 12.7. The fourth-order valence-electron chi connectivity index (χ4n) is 3.30. The number of methoxy groups -OCH3 is 1. The molecule has 2 fully saturated rings. The molecule has 3 atom stereocenters.